The molecule has 0 aromatic heterocycles. The van der Waals surface area contributed by atoms with Crippen molar-refractivity contribution in [1.82, 2.24) is 0 Å². The van der Waals surface area contributed by atoms with Crippen molar-refractivity contribution >= 4 is 10.4 Å². The molecule has 0 aromatic carbocycles. The van der Waals surface area contributed by atoms with Crippen molar-refractivity contribution in [3.63, 3.8) is 0 Å². The molecule has 1 unspecified atom stereocenters. The Morgan fingerprint density at radius 2 is 1.24 bits per heavy atom. The largest absolute Gasteiger partial charge is 0.397 e. The van der Waals surface area contributed by atoms with Crippen molar-refractivity contribution in [2.75, 3.05) is 0 Å². The van der Waals surface area contributed by atoms with E-state index < -0.39 is 10.4 Å². The van der Waals surface area contributed by atoms with Gasteiger partial charge >= 0.3 is 10.4 Å². The average Bonchev–Trinajstić information content (AvgIpc) is 2.39. The molecule has 0 radical (unpaired) electrons. The molecule has 0 fully saturated rings. The Labute approximate surface area is 131 Å². The van der Waals surface area contributed by atoms with Gasteiger partial charge in [0.1, 0.15) is 0 Å². The maximum Gasteiger partial charge on any atom is 0.397 e. The molecule has 0 saturated carbocycles. The zero-order chi connectivity index (χ0) is 16.0. The molecule has 5 heteroatoms. The van der Waals surface area contributed by atoms with Crippen LogP contribution in [0, 0.1) is 0 Å². The van der Waals surface area contributed by atoms with E-state index in [9.17, 15) is 8.42 Å². The van der Waals surface area contributed by atoms with E-state index in [0.29, 0.717) is 12.8 Å². The lowest BCUT2D eigenvalue weighted by Gasteiger charge is -2.14. The van der Waals surface area contributed by atoms with Gasteiger partial charge in [-0.25, -0.2) is 4.18 Å². The molecule has 1 atom stereocenters. The number of hydrogen-bond acceptors (Lipinski definition) is 3. The van der Waals surface area contributed by atoms with E-state index in [0.717, 1.165) is 19.3 Å². The predicted octanol–water partition coefficient (Wildman–Crippen LogP) is 5.29. The Bertz CT molecular complexity index is 314. The van der Waals surface area contributed by atoms with E-state index in [-0.39, 0.29) is 6.10 Å². The molecule has 0 saturated heterocycles. The lowest BCUT2D eigenvalue weighted by atomic mass is 10.0. The topological polar surface area (TPSA) is 63.6 Å². The molecule has 0 spiro atoms. The lowest BCUT2D eigenvalue weighted by molar-refractivity contribution is 0.160. The fourth-order valence-corrected chi connectivity index (χ4v) is 3.13. The minimum Gasteiger partial charge on any atom is -0.264 e. The molecule has 0 rings (SSSR count). The molecule has 0 aliphatic heterocycles. The van der Waals surface area contributed by atoms with Gasteiger partial charge in [0.25, 0.3) is 0 Å². The Balaban J connectivity index is 3.50. The first-order valence-electron chi connectivity index (χ1n) is 8.65. The van der Waals surface area contributed by atoms with E-state index in [1.165, 1.54) is 51.4 Å². The number of hydrogen-bond donors (Lipinski definition) is 1. The summed E-state index contributed by atoms with van der Waals surface area (Å²) in [6.07, 6.45) is 14.5. The highest BCUT2D eigenvalue weighted by atomic mass is 32.3. The molecule has 0 aromatic rings. The van der Waals surface area contributed by atoms with Gasteiger partial charge in [-0.15, -0.1) is 0 Å². The Morgan fingerprint density at radius 1 is 0.762 bits per heavy atom. The number of rotatable bonds is 15. The highest BCUT2D eigenvalue weighted by Gasteiger charge is 2.15. The molecular weight excluding hydrogens is 288 g/mol. The maximum absolute atomic E-state index is 10.7. The van der Waals surface area contributed by atoms with Crippen LogP contribution in [-0.4, -0.2) is 19.1 Å². The van der Waals surface area contributed by atoms with Gasteiger partial charge in [0.15, 0.2) is 0 Å². The summed E-state index contributed by atoms with van der Waals surface area (Å²) in [6, 6.07) is 0. The summed E-state index contributed by atoms with van der Waals surface area (Å²) in [6.45, 7) is 4.22. The summed E-state index contributed by atoms with van der Waals surface area (Å²) in [5, 5.41) is 0. The van der Waals surface area contributed by atoms with Crippen LogP contribution in [0.3, 0.4) is 0 Å². The van der Waals surface area contributed by atoms with Gasteiger partial charge in [-0.05, 0) is 12.8 Å². The van der Waals surface area contributed by atoms with Crippen LogP contribution < -0.4 is 0 Å². The molecule has 0 aliphatic rings. The van der Waals surface area contributed by atoms with Crippen LogP contribution in [0.15, 0.2) is 0 Å². The van der Waals surface area contributed by atoms with Crippen molar-refractivity contribution in [2.24, 2.45) is 0 Å². The second-order valence-electron chi connectivity index (χ2n) is 5.91. The zero-order valence-electron chi connectivity index (χ0n) is 13.8. The fourth-order valence-electron chi connectivity index (χ4n) is 2.59. The first-order chi connectivity index (χ1) is 9.99. The average molecular weight is 323 g/mol. The normalized spacial score (nSPS) is 13.5. The van der Waals surface area contributed by atoms with Gasteiger partial charge < -0.3 is 0 Å². The van der Waals surface area contributed by atoms with Gasteiger partial charge in [-0.3, -0.25) is 4.55 Å². The van der Waals surface area contributed by atoms with E-state index in [1.807, 2.05) is 6.92 Å². The SMILES string of the molecule is CCCCCCCCCCCCC(CCC)OS(=O)(=O)O. The third kappa shape index (κ3) is 16.1. The third-order valence-corrected chi connectivity index (χ3v) is 4.26. The van der Waals surface area contributed by atoms with Gasteiger partial charge in [-0.2, -0.15) is 8.42 Å². The monoisotopic (exact) mass is 322 g/mol. The maximum atomic E-state index is 10.7. The van der Waals surface area contributed by atoms with Crippen molar-refractivity contribution in [3.05, 3.63) is 0 Å². The molecule has 1 N–H and O–H groups in total. The van der Waals surface area contributed by atoms with Crippen molar-refractivity contribution in [3.8, 4) is 0 Å². The van der Waals surface area contributed by atoms with Crippen LogP contribution in [0.5, 0.6) is 0 Å². The Hall–Kier alpha value is -0.130. The van der Waals surface area contributed by atoms with Crippen molar-refractivity contribution in [1.29, 1.82) is 0 Å². The van der Waals surface area contributed by atoms with E-state index >= 15 is 0 Å². The minimum atomic E-state index is -4.31. The van der Waals surface area contributed by atoms with Crippen LogP contribution in [0.1, 0.15) is 97.3 Å². The Morgan fingerprint density at radius 3 is 1.67 bits per heavy atom. The molecule has 4 nitrogen and oxygen atoms in total. The van der Waals surface area contributed by atoms with Gasteiger partial charge in [0.2, 0.25) is 0 Å². The highest BCUT2D eigenvalue weighted by molar-refractivity contribution is 7.80. The molecular formula is C16H34O4S. The van der Waals surface area contributed by atoms with Gasteiger partial charge in [-0.1, -0.05) is 84.5 Å². The van der Waals surface area contributed by atoms with Crippen LogP contribution in [0.2, 0.25) is 0 Å². The summed E-state index contributed by atoms with van der Waals surface area (Å²) < 4.78 is 34.9. The summed E-state index contributed by atoms with van der Waals surface area (Å²) in [5.74, 6) is 0. The quantitative estimate of drug-likeness (QED) is 0.329. The molecule has 0 heterocycles. The number of unbranched alkanes of at least 4 members (excludes halogenated alkanes) is 9. The van der Waals surface area contributed by atoms with E-state index in [1.54, 1.807) is 0 Å². The summed E-state index contributed by atoms with van der Waals surface area (Å²) in [4.78, 5) is 0. The van der Waals surface area contributed by atoms with Crippen molar-refractivity contribution in [2.45, 2.75) is 103 Å². The van der Waals surface area contributed by atoms with Crippen LogP contribution in [-0.2, 0) is 14.6 Å². The smallest absolute Gasteiger partial charge is 0.264 e. The molecule has 0 amide bonds. The van der Waals surface area contributed by atoms with Gasteiger partial charge in [0.05, 0.1) is 6.10 Å². The zero-order valence-corrected chi connectivity index (χ0v) is 14.7. The van der Waals surface area contributed by atoms with Crippen LogP contribution in [0.25, 0.3) is 0 Å². The first kappa shape index (κ1) is 20.9. The summed E-state index contributed by atoms with van der Waals surface area (Å²) in [7, 11) is -4.31. The van der Waals surface area contributed by atoms with Crippen LogP contribution >= 0.6 is 0 Å². The fraction of sp³-hybridized carbons (Fsp3) is 1.00. The molecule has 21 heavy (non-hydrogen) atoms. The van der Waals surface area contributed by atoms with Crippen LogP contribution in [0.4, 0.5) is 0 Å². The highest BCUT2D eigenvalue weighted by Crippen LogP contribution is 2.16. The third-order valence-electron chi connectivity index (χ3n) is 3.75. The lowest BCUT2D eigenvalue weighted by Crippen LogP contribution is -2.17. The van der Waals surface area contributed by atoms with E-state index in [2.05, 4.69) is 11.1 Å². The summed E-state index contributed by atoms with van der Waals surface area (Å²) in [5.41, 5.74) is 0. The predicted molar refractivity (Wildman–Crippen MR) is 87.8 cm³/mol. The second kappa shape index (κ2) is 13.5. The van der Waals surface area contributed by atoms with Gasteiger partial charge in [0, 0.05) is 0 Å². The first-order valence-corrected chi connectivity index (χ1v) is 10.0. The standard InChI is InChI=1S/C16H34O4S/c1-3-5-6-7-8-9-10-11-12-13-15-16(14-4-2)20-21(17,18)19/h16H,3-15H2,1-2H3,(H,17,18,19). The van der Waals surface area contributed by atoms with E-state index in [4.69, 9.17) is 4.55 Å². The molecule has 0 bridgehead atoms. The second-order valence-corrected chi connectivity index (χ2v) is 6.95. The molecule has 0 aliphatic carbocycles. The summed E-state index contributed by atoms with van der Waals surface area (Å²) >= 11 is 0. The Kier molecular flexibility index (Phi) is 13.4. The van der Waals surface area contributed by atoms with Crippen molar-refractivity contribution < 1.29 is 17.2 Å². The minimum absolute atomic E-state index is 0.362. The molecule has 128 valence electrons.